The third kappa shape index (κ3) is 6.50. The summed E-state index contributed by atoms with van der Waals surface area (Å²) < 4.78 is 5.42. The Balaban J connectivity index is 1.39. The fraction of sp³-hybridized carbons (Fsp3) is 0.458. The molecular weight excluding hydrogens is 360 g/mol. The first kappa shape index (κ1) is 21.2. The molecule has 5 nitrogen and oxygen atoms in total. The third-order valence-corrected chi connectivity index (χ3v) is 5.58. The minimum Gasteiger partial charge on any atom is -0.496 e. The number of piperidine rings is 1. The lowest BCUT2D eigenvalue weighted by molar-refractivity contribution is 0.198. The van der Waals surface area contributed by atoms with E-state index < -0.39 is 0 Å². The van der Waals surface area contributed by atoms with E-state index in [-0.39, 0.29) is 0 Å². The SMILES string of the molecule is CN=C(NCCc1ccc(C)c(OC)c1)NC1CCN(Cc2ccccc2)CC1. The molecule has 0 unspecified atom stereocenters. The van der Waals surface area contributed by atoms with Gasteiger partial charge in [0.05, 0.1) is 7.11 Å². The number of hydrogen-bond donors (Lipinski definition) is 2. The van der Waals surface area contributed by atoms with E-state index in [2.05, 4.69) is 76.0 Å². The topological polar surface area (TPSA) is 48.9 Å². The minimum atomic E-state index is 0.479. The summed E-state index contributed by atoms with van der Waals surface area (Å²) in [6, 6.07) is 17.6. The van der Waals surface area contributed by atoms with E-state index in [1.807, 2.05) is 7.05 Å². The van der Waals surface area contributed by atoms with E-state index in [0.717, 1.165) is 57.2 Å². The van der Waals surface area contributed by atoms with Crippen molar-refractivity contribution in [3.8, 4) is 5.75 Å². The van der Waals surface area contributed by atoms with Crippen LogP contribution >= 0.6 is 0 Å². The Morgan fingerprint density at radius 2 is 1.86 bits per heavy atom. The molecule has 1 heterocycles. The van der Waals surface area contributed by atoms with Crippen molar-refractivity contribution in [1.82, 2.24) is 15.5 Å². The van der Waals surface area contributed by atoms with Crippen LogP contribution in [0.4, 0.5) is 0 Å². The van der Waals surface area contributed by atoms with Crippen molar-refractivity contribution < 1.29 is 4.74 Å². The summed E-state index contributed by atoms with van der Waals surface area (Å²) >= 11 is 0. The third-order valence-electron chi connectivity index (χ3n) is 5.58. The fourth-order valence-electron chi connectivity index (χ4n) is 3.81. The van der Waals surface area contributed by atoms with Crippen molar-refractivity contribution in [2.24, 2.45) is 4.99 Å². The molecule has 0 saturated carbocycles. The first-order valence-electron chi connectivity index (χ1n) is 10.5. The molecule has 1 aliphatic rings. The van der Waals surface area contributed by atoms with Crippen molar-refractivity contribution in [1.29, 1.82) is 0 Å². The molecule has 2 N–H and O–H groups in total. The summed E-state index contributed by atoms with van der Waals surface area (Å²) in [6.45, 7) is 6.19. The van der Waals surface area contributed by atoms with Crippen LogP contribution in [-0.2, 0) is 13.0 Å². The summed E-state index contributed by atoms with van der Waals surface area (Å²) in [5, 5.41) is 7.05. The molecule has 0 amide bonds. The lowest BCUT2D eigenvalue weighted by Crippen LogP contribution is -2.48. The Bertz CT molecular complexity index is 783. The molecule has 1 saturated heterocycles. The number of hydrogen-bond acceptors (Lipinski definition) is 3. The van der Waals surface area contributed by atoms with Gasteiger partial charge < -0.3 is 15.4 Å². The van der Waals surface area contributed by atoms with E-state index in [1.54, 1.807) is 7.11 Å². The van der Waals surface area contributed by atoms with Gasteiger partial charge in [-0.2, -0.15) is 0 Å². The Labute approximate surface area is 175 Å². The summed E-state index contributed by atoms with van der Waals surface area (Å²) in [6.07, 6.45) is 3.22. The average Bonchev–Trinajstić information content (AvgIpc) is 2.76. The Morgan fingerprint density at radius 1 is 1.10 bits per heavy atom. The normalized spacial score (nSPS) is 15.9. The summed E-state index contributed by atoms with van der Waals surface area (Å²) in [5.41, 5.74) is 3.83. The molecule has 0 spiro atoms. The van der Waals surface area contributed by atoms with Gasteiger partial charge in [-0.25, -0.2) is 0 Å². The van der Waals surface area contributed by atoms with Gasteiger partial charge in [-0.3, -0.25) is 9.89 Å². The Hall–Kier alpha value is -2.53. The van der Waals surface area contributed by atoms with Gasteiger partial charge in [0.15, 0.2) is 5.96 Å². The van der Waals surface area contributed by atoms with E-state index >= 15 is 0 Å². The number of guanidine groups is 1. The number of benzene rings is 2. The van der Waals surface area contributed by atoms with Crippen molar-refractivity contribution >= 4 is 5.96 Å². The number of likely N-dealkylation sites (tertiary alicyclic amines) is 1. The van der Waals surface area contributed by atoms with Crippen molar-refractivity contribution in [3.63, 3.8) is 0 Å². The Morgan fingerprint density at radius 3 is 2.55 bits per heavy atom. The van der Waals surface area contributed by atoms with Crippen LogP contribution in [0.2, 0.25) is 0 Å². The fourth-order valence-corrected chi connectivity index (χ4v) is 3.81. The monoisotopic (exact) mass is 394 g/mol. The zero-order chi connectivity index (χ0) is 20.5. The lowest BCUT2D eigenvalue weighted by atomic mass is 10.0. The molecule has 0 bridgehead atoms. The van der Waals surface area contributed by atoms with Crippen LogP contribution in [0.25, 0.3) is 0 Å². The molecule has 0 aromatic heterocycles. The molecule has 5 heteroatoms. The van der Waals surface area contributed by atoms with Gasteiger partial charge in [-0.05, 0) is 48.9 Å². The van der Waals surface area contributed by atoms with Gasteiger partial charge in [0, 0.05) is 39.3 Å². The summed E-state index contributed by atoms with van der Waals surface area (Å²) in [5.74, 6) is 1.85. The number of aryl methyl sites for hydroxylation is 1. The summed E-state index contributed by atoms with van der Waals surface area (Å²) in [7, 11) is 3.57. The smallest absolute Gasteiger partial charge is 0.191 e. The molecule has 1 aliphatic heterocycles. The lowest BCUT2D eigenvalue weighted by Gasteiger charge is -2.33. The zero-order valence-corrected chi connectivity index (χ0v) is 17.9. The predicted molar refractivity (Wildman–Crippen MR) is 121 cm³/mol. The van der Waals surface area contributed by atoms with Gasteiger partial charge >= 0.3 is 0 Å². The molecule has 2 aromatic rings. The molecule has 0 radical (unpaired) electrons. The van der Waals surface area contributed by atoms with E-state index in [1.165, 1.54) is 16.7 Å². The molecular formula is C24H34N4O. The maximum absolute atomic E-state index is 5.42. The second-order valence-electron chi connectivity index (χ2n) is 7.73. The van der Waals surface area contributed by atoms with Crippen molar-refractivity contribution in [3.05, 3.63) is 65.2 Å². The number of aliphatic imine (C=N–C) groups is 1. The Kier molecular flexibility index (Phi) is 7.94. The van der Waals surface area contributed by atoms with Crippen LogP contribution in [0.1, 0.15) is 29.5 Å². The van der Waals surface area contributed by atoms with Gasteiger partial charge in [0.2, 0.25) is 0 Å². The maximum Gasteiger partial charge on any atom is 0.191 e. The largest absolute Gasteiger partial charge is 0.496 e. The molecule has 156 valence electrons. The number of nitrogens with one attached hydrogen (secondary N) is 2. The number of methoxy groups -OCH3 is 1. The van der Waals surface area contributed by atoms with E-state index in [0.29, 0.717) is 6.04 Å². The number of ether oxygens (including phenoxy) is 1. The van der Waals surface area contributed by atoms with Gasteiger partial charge in [0.1, 0.15) is 5.75 Å². The molecule has 2 aromatic carbocycles. The highest BCUT2D eigenvalue weighted by molar-refractivity contribution is 5.79. The molecule has 1 fully saturated rings. The second-order valence-corrected chi connectivity index (χ2v) is 7.73. The van der Waals surface area contributed by atoms with Gasteiger partial charge in [-0.15, -0.1) is 0 Å². The average molecular weight is 395 g/mol. The van der Waals surface area contributed by atoms with Crippen molar-refractivity contribution in [2.75, 3.05) is 33.8 Å². The van der Waals surface area contributed by atoms with Crippen LogP contribution in [0.3, 0.4) is 0 Å². The molecule has 29 heavy (non-hydrogen) atoms. The quantitative estimate of drug-likeness (QED) is 0.558. The van der Waals surface area contributed by atoms with Gasteiger partial charge in [0.25, 0.3) is 0 Å². The van der Waals surface area contributed by atoms with Crippen molar-refractivity contribution in [2.45, 2.75) is 38.8 Å². The van der Waals surface area contributed by atoms with E-state index in [9.17, 15) is 0 Å². The van der Waals surface area contributed by atoms with Crippen LogP contribution in [0.15, 0.2) is 53.5 Å². The summed E-state index contributed by atoms with van der Waals surface area (Å²) in [4.78, 5) is 6.94. The standard InChI is InChI=1S/C24H34N4O/c1-19-9-10-20(17-23(19)29-3)11-14-26-24(25-2)27-22-12-15-28(16-13-22)18-21-7-5-4-6-8-21/h4-10,17,22H,11-16,18H2,1-3H3,(H2,25,26,27). The minimum absolute atomic E-state index is 0.479. The van der Waals surface area contributed by atoms with Gasteiger partial charge in [-0.1, -0.05) is 42.5 Å². The predicted octanol–water partition coefficient (Wildman–Crippen LogP) is 3.38. The van der Waals surface area contributed by atoms with Crippen LogP contribution in [0.5, 0.6) is 5.75 Å². The molecule has 3 rings (SSSR count). The van der Waals surface area contributed by atoms with Crippen LogP contribution in [0, 0.1) is 6.92 Å². The highest BCUT2D eigenvalue weighted by Gasteiger charge is 2.19. The highest BCUT2D eigenvalue weighted by atomic mass is 16.5. The molecule has 0 atom stereocenters. The first-order valence-corrected chi connectivity index (χ1v) is 10.5. The maximum atomic E-state index is 5.42. The second kappa shape index (κ2) is 10.9. The highest BCUT2D eigenvalue weighted by Crippen LogP contribution is 2.19. The number of rotatable bonds is 7. The van der Waals surface area contributed by atoms with Crippen LogP contribution < -0.4 is 15.4 Å². The van der Waals surface area contributed by atoms with E-state index in [4.69, 9.17) is 4.74 Å². The number of nitrogens with zero attached hydrogens (tertiary/aromatic N) is 2. The zero-order valence-electron chi connectivity index (χ0n) is 17.9. The van der Waals surface area contributed by atoms with Crippen LogP contribution in [-0.4, -0.2) is 50.7 Å². The first-order chi connectivity index (χ1) is 14.2. The molecule has 0 aliphatic carbocycles.